The van der Waals surface area contributed by atoms with E-state index in [9.17, 15) is 9.65 Å². The third kappa shape index (κ3) is 4.12. The summed E-state index contributed by atoms with van der Waals surface area (Å²) < 4.78 is 42.4. The molecule has 194 valence electrons. The normalized spacial score (nSPS) is 23.4. The van der Waals surface area contributed by atoms with Crippen molar-refractivity contribution in [1.29, 1.82) is 5.26 Å². The number of hydrazine groups is 1. The smallest absolute Gasteiger partial charge is 0.231 e. The zero-order valence-electron chi connectivity index (χ0n) is 20.4. The highest BCUT2D eigenvalue weighted by Crippen LogP contribution is 2.51. The van der Waals surface area contributed by atoms with Crippen LogP contribution in [0.5, 0.6) is 23.0 Å². The van der Waals surface area contributed by atoms with Crippen molar-refractivity contribution in [2.75, 3.05) is 13.9 Å². The summed E-state index contributed by atoms with van der Waals surface area (Å²) in [4.78, 5) is 0. The molecule has 0 bridgehead atoms. The van der Waals surface area contributed by atoms with E-state index < -0.39 is 12.1 Å². The molecule has 6 rings (SSSR count). The molecule has 0 aliphatic carbocycles. The number of allylic oxidation sites excluding steroid dienone is 1. The third-order valence-corrected chi connectivity index (χ3v) is 7.07. The lowest BCUT2D eigenvalue weighted by atomic mass is 9.73. The van der Waals surface area contributed by atoms with Crippen LogP contribution in [-0.4, -0.2) is 20.1 Å². The average molecular weight is 517 g/mol. The predicted molar refractivity (Wildman–Crippen MR) is 133 cm³/mol. The summed E-state index contributed by atoms with van der Waals surface area (Å²) in [5, 5.41) is 10.2. The fourth-order valence-corrected chi connectivity index (χ4v) is 5.29. The number of para-hydroxylation sites is 1. The van der Waals surface area contributed by atoms with Crippen LogP contribution in [0.2, 0.25) is 0 Å². The first kappa shape index (κ1) is 23.9. The maximum absolute atomic E-state index is 13.4. The van der Waals surface area contributed by atoms with Crippen LogP contribution in [0, 0.1) is 23.1 Å². The quantitative estimate of drug-likeness (QED) is 0.450. The molecule has 1 saturated heterocycles. The monoisotopic (exact) mass is 516 g/mol. The number of nitriles is 1. The van der Waals surface area contributed by atoms with Crippen molar-refractivity contribution < 1.29 is 28.1 Å². The van der Waals surface area contributed by atoms with Crippen LogP contribution in [0.4, 0.5) is 4.39 Å². The van der Waals surface area contributed by atoms with E-state index in [1.54, 1.807) is 25.3 Å². The van der Waals surface area contributed by atoms with E-state index in [1.165, 1.54) is 12.1 Å². The number of fused-ring (bicyclic) bond motifs is 2. The number of methoxy groups -OCH3 is 1. The maximum Gasteiger partial charge on any atom is 0.231 e. The molecule has 9 nitrogen and oxygen atoms in total. The maximum atomic E-state index is 13.4. The summed E-state index contributed by atoms with van der Waals surface area (Å²) in [5.74, 6) is 1.23. The Morgan fingerprint density at radius 1 is 1.08 bits per heavy atom. The first-order chi connectivity index (χ1) is 18.6. The Labute approximate surface area is 218 Å². The number of hydrogen-bond donors (Lipinski definition) is 3. The zero-order valence-corrected chi connectivity index (χ0v) is 20.4. The van der Waals surface area contributed by atoms with Crippen molar-refractivity contribution in [2.45, 2.75) is 24.8 Å². The Kier molecular flexibility index (Phi) is 6.15. The molecule has 4 unspecified atom stereocenters. The Morgan fingerprint density at radius 2 is 1.89 bits per heavy atom. The van der Waals surface area contributed by atoms with Gasteiger partial charge in [0, 0.05) is 17.4 Å². The summed E-state index contributed by atoms with van der Waals surface area (Å²) in [6.07, 6.45) is -0.524. The van der Waals surface area contributed by atoms with E-state index in [1.807, 2.05) is 30.3 Å². The summed E-state index contributed by atoms with van der Waals surface area (Å²) in [6.45, 7) is 0.345. The first-order valence-corrected chi connectivity index (χ1v) is 12.1. The first-order valence-electron chi connectivity index (χ1n) is 12.1. The highest BCUT2D eigenvalue weighted by Gasteiger charge is 2.50. The molecule has 3 heterocycles. The predicted octanol–water partition coefficient (Wildman–Crippen LogP) is 3.74. The molecule has 3 aromatic rings. The number of nitrogens with one attached hydrogen (secondary N) is 2. The van der Waals surface area contributed by atoms with Gasteiger partial charge in [0.1, 0.15) is 18.5 Å². The highest BCUT2D eigenvalue weighted by atomic mass is 19.1. The Hall–Kier alpha value is -4.46. The van der Waals surface area contributed by atoms with E-state index in [2.05, 4.69) is 16.9 Å². The number of benzene rings is 3. The van der Waals surface area contributed by atoms with E-state index >= 15 is 0 Å². The number of ether oxygens (including phenoxy) is 5. The molecule has 38 heavy (non-hydrogen) atoms. The molecule has 3 aromatic carbocycles. The Balaban J connectivity index is 1.42. The molecular formula is C28H25FN4O5. The molecule has 1 fully saturated rings. The van der Waals surface area contributed by atoms with Crippen molar-refractivity contribution in [2.24, 2.45) is 11.7 Å². The molecule has 0 radical (unpaired) electrons. The van der Waals surface area contributed by atoms with Crippen molar-refractivity contribution in [3.63, 3.8) is 0 Å². The third-order valence-electron chi connectivity index (χ3n) is 7.07. The molecule has 3 aliphatic rings. The van der Waals surface area contributed by atoms with E-state index in [-0.39, 0.29) is 37.1 Å². The lowest BCUT2D eigenvalue weighted by Gasteiger charge is -2.36. The van der Waals surface area contributed by atoms with Gasteiger partial charge in [-0.1, -0.05) is 30.3 Å². The largest absolute Gasteiger partial charge is 0.493 e. The van der Waals surface area contributed by atoms with Gasteiger partial charge in [0.25, 0.3) is 0 Å². The summed E-state index contributed by atoms with van der Waals surface area (Å²) in [5.41, 5.74) is 15.5. The lowest BCUT2D eigenvalue weighted by Crippen LogP contribution is -2.41. The molecule has 0 spiro atoms. The number of halogens is 1. The van der Waals surface area contributed by atoms with Crippen LogP contribution >= 0.6 is 0 Å². The van der Waals surface area contributed by atoms with Gasteiger partial charge in [0.15, 0.2) is 29.2 Å². The van der Waals surface area contributed by atoms with Gasteiger partial charge in [-0.15, -0.1) is 0 Å². The van der Waals surface area contributed by atoms with Gasteiger partial charge in [-0.3, -0.25) is 0 Å². The summed E-state index contributed by atoms with van der Waals surface area (Å²) >= 11 is 0. The van der Waals surface area contributed by atoms with E-state index in [4.69, 9.17) is 29.4 Å². The van der Waals surface area contributed by atoms with Crippen LogP contribution in [0.15, 0.2) is 72.1 Å². The van der Waals surface area contributed by atoms with Crippen molar-refractivity contribution in [3.8, 4) is 29.1 Å². The van der Waals surface area contributed by atoms with Gasteiger partial charge in [-0.2, -0.15) is 5.26 Å². The standard InChI is InChI=1S/C28H25FN4O5/c1-34-21-4-2-3-18(26(21)35-13-15-5-8-17(29)9-6-15)23-19(12-30)27(31)38-28-24(23)25(32-33-28)16-7-10-20-22(11-16)37-14-36-20/h2-11,23-25,28,32-33H,13-14,31H2,1H3. The minimum absolute atomic E-state index is 0.0479. The molecule has 0 amide bonds. The average Bonchev–Trinajstić information content (AvgIpc) is 3.58. The topological polar surface area (TPSA) is 120 Å². The molecule has 0 aromatic heterocycles. The molecule has 4 atom stereocenters. The van der Waals surface area contributed by atoms with Crippen molar-refractivity contribution in [3.05, 3.63) is 94.6 Å². The van der Waals surface area contributed by atoms with Gasteiger partial charge < -0.3 is 29.4 Å². The van der Waals surface area contributed by atoms with Crippen LogP contribution in [0.25, 0.3) is 0 Å². The second-order valence-corrected chi connectivity index (χ2v) is 9.16. The second kappa shape index (κ2) is 9.78. The van der Waals surface area contributed by atoms with Gasteiger partial charge in [0.05, 0.1) is 18.7 Å². The number of nitrogens with zero attached hydrogens (tertiary/aromatic N) is 1. The fourth-order valence-electron chi connectivity index (χ4n) is 5.29. The second-order valence-electron chi connectivity index (χ2n) is 9.16. The van der Waals surface area contributed by atoms with Crippen LogP contribution in [0.1, 0.15) is 28.7 Å². The van der Waals surface area contributed by atoms with Gasteiger partial charge in [0.2, 0.25) is 12.7 Å². The SMILES string of the molecule is COc1cccc(C2C(C#N)=C(N)OC3NNC(c4ccc5c(c4)OCO5)C32)c1OCc1ccc(F)cc1. The van der Waals surface area contributed by atoms with E-state index in [0.29, 0.717) is 28.6 Å². The van der Waals surface area contributed by atoms with Gasteiger partial charge in [-0.05, 0) is 41.5 Å². The fraction of sp³-hybridized carbons (Fsp3) is 0.250. The summed E-state index contributed by atoms with van der Waals surface area (Å²) in [7, 11) is 1.56. The van der Waals surface area contributed by atoms with Gasteiger partial charge >= 0.3 is 0 Å². The van der Waals surface area contributed by atoms with Gasteiger partial charge in [-0.25, -0.2) is 15.2 Å². The van der Waals surface area contributed by atoms with Crippen molar-refractivity contribution in [1.82, 2.24) is 10.9 Å². The molecule has 0 saturated carbocycles. The minimum atomic E-state index is -0.524. The highest BCUT2D eigenvalue weighted by molar-refractivity contribution is 5.55. The summed E-state index contributed by atoms with van der Waals surface area (Å²) in [6, 6.07) is 19.4. The number of rotatable bonds is 6. The van der Waals surface area contributed by atoms with E-state index in [0.717, 1.165) is 16.7 Å². The number of hydrogen-bond acceptors (Lipinski definition) is 9. The number of nitrogens with two attached hydrogens (primary N) is 1. The van der Waals surface area contributed by atoms with Crippen LogP contribution in [0.3, 0.4) is 0 Å². The molecule has 4 N–H and O–H groups in total. The molecular weight excluding hydrogens is 491 g/mol. The lowest BCUT2D eigenvalue weighted by molar-refractivity contribution is 0.0335. The molecule has 3 aliphatic heterocycles. The Bertz CT molecular complexity index is 1440. The van der Waals surface area contributed by atoms with Crippen LogP contribution in [-0.2, 0) is 11.3 Å². The van der Waals surface area contributed by atoms with Crippen LogP contribution < -0.4 is 35.5 Å². The Morgan fingerprint density at radius 3 is 2.68 bits per heavy atom. The minimum Gasteiger partial charge on any atom is -0.493 e. The van der Waals surface area contributed by atoms with Crippen molar-refractivity contribution >= 4 is 0 Å². The molecule has 10 heteroatoms. The zero-order chi connectivity index (χ0) is 26.2.